The highest BCUT2D eigenvalue weighted by molar-refractivity contribution is 5.87. The van der Waals surface area contributed by atoms with Crippen LogP contribution in [0, 0.1) is 5.92 Å². The Labute approximate surface area is 96.6 Å². The molecule has 0 spiro atoms. The lowest BCUT2D eigenvalue weighted by molar-refractivity contribution is -0.141. The molecule has 0 radical (unpaired) electrons. The summed E-state index contributed by atoms with van der Waals surface area (Å²) >= 11 is 0. The Morgan fingerprint density at radius 3 is 2.38 bits per heavy atom. The van der Waals surface area contributed by atoms with Crippen molar-refractivity contribution in [2.24, 2.45) is 5.92 Å². The first kappa shape index (κ1) is 14.7. The molecule has 0 aromatic heterocycles. The average molecular weight is 228 g/mol. The second-order valence-electron chi connectivity index (χ2n) is 3.84. The van der Waals surface area contributed by atoms with Gasteiger partial charge in [0, 0.05) is 12.0 Å². The first-order chi connectivity index (χ1) is 7.51. The smallest absolute Gasteiger partial charge is 0.333 e. The van der Waals surface area contributed by atoms with Crippen LogP contribution < -0.4 is 0 Å². The van der Waals surface area contributed by atoms with Gasteiger partial charge in [0.25, 0.3) is 0 Å². The van der Waals surface area contributed by atoms with E-state index in [1.54, 1.807) is 6.92 Å². The van der Waals surface area contributed by atoms with E-state index >= 15 is 0 Å². The fraction of sp³-hybridized carbons (Fsp3) is 0.667. The SMILES string of the molecule is COC(=O)CC(C)CC/C=C(\C)C(=O)OC. The van der Waals surface area contributed by atoms with E-state index in [9.17, 15) is 9.59 Å². The molecular formula is C12H20O4. The van der Waals surface area contributed by atoms with Crippen molar-refractivity contribution in [3.05, 3.63) is 11.6 Å². The van der Waals surface area contributed by atoms with Gasteiger partial charge in [0.05, 0.1) is 14.2 Å². The minimum absolute atomic E-state index is 0.193. The molecule has 0 saturated heterocycles. The van der Waals surface area contributed by atoms with Crippen molar-refractivity contribution in [2.45, 2.75) is 33.1 Å². The molecule has 0 fully saturated rings. The lowest BCUT2D eigenvalue weighted by atomic mass is 10.0. The summed E-state index contributed by atoms with van der Waals surface area (Å²) in [4.78, 5) is 22.0. The van der Waals surface area contributed by atoms with Crippen LogP contribution in [-0.2, 0) is 19.1 Å². The van der Waals surface area contributed by atoms with Crippen LogP contribution in [0.25, 0.3) is 0 Å². The number of methoxy groups -OCH3 is 2. The predicted molar refractivity (Wildman–Crippen MR) is 60.8 cm³/mol. The summed E-state index contributed by atoms with van der Waals surface area (Å²) in [6.07, 6.45) is 3.86. The van der Waals surface area contributed by atoms with Gasteiger partial charge in [0.2, 0.25) is 0 Å². The zero-order valence-electron chi connectivity index (χ0n) is 10.4. The number of allylic oxidation sites excluding steroid dienone is 1. The monoisotopic (exact) mass is 228 g/mol. The third-order valence-corrected chi connectivity index (χ3v) is 2.36. The van der Waals surface area contributed by atoms with Gasteiger partial charge in [-0.15, -0.1) is 0 Å². The molecule has 0 aromatic carbocycles. The summed E-state index contributed by atoms with van der Waals surface area (Å²) in [6, 6.07) is 0. The third kappa shape index (κ3) is 6.22. The van der Waals surface area contributed by atoms with Crippen molar-refractivity contribution >= 4 is 11.9 Å². The highest BCUT2D eigenvalue weighted by atomic mass is 16.5. The van der Waals surface area contributed by atoms with Gasteiger partial charge in [0.15, 0.2) is 0 Å². The van der Waals surface area contributed by atoms with Crippen LogP contribution in [0.1, 0.15) is 33.1 Å². The molecule has 4 heteroatoms. The summed E-state index contributed by atoms with van der Waals surface area (Å²) in [6.45, 7) is 3.70. The molecule has 0 saturated carbocycles. The number of esters is 2. The standard InChI is InChI=1S/C12H20O4/c1-9(8-11(13)15-3)6-5-7-10(2)12(14)16-4/h7,9H,5-6,8H2,1-4H3/b10-7+. The van der Waals surface area contributed by atoms with E-state index in [0.29, 0.717) is 12.0 Å². The molecule has 0 amide bonds. The molecule has 0 aliphatic heterocycles. The Balaban J connectivity index is 3.88. The van der Waals surface area contributed by atoms with Crippen LogP contribution >= 0.6 is 0 Å². The van der Waals surface area contributed by atoms with Crippen LogP contribution in [0.4, 0.5) is 0 Å². The van der Waals surface area contributed by atoms with Gasteiger partial charge in [-0.05, 0) is 25.7 Å². The minimum atomic E-state index is -0.305. The van der Waals surface area contributed by atoms with Crippen LogP contribution in [0.15, 0.2) is 11.6 Å². The number of hydrogen-bond donors (Lipinski definition) is 0. The molecule has 1 unspecified atom stereocenters. The first-order valence-corrected chi connectivity index (χ1v) is 5.33. The van der Waals surface area contributed by atoms with Crippen molar-refractivity contribution in [3.63, 3.8) is 0 Å². The van der Waals surface area contributed by atoms with Crippen molar-refractivity contribution in [3.8, 4) is 0 Å². The second-order valence-corrected chi connectivity index (χ2v) is 3.84. The molecule has 0 heterocycles. The number of hydrogen-bond acceptors (Lipinski definition) is 4. The van der Waals surface area contributed by atoms with E-state index in [0.717, 1.165) is 12.8 Å². The van der Waals surface area contributed by atoms with Gasteiger partial charge in [-0.25, -0.2) is 4.79 Å². The first-order valence-electron chi connectivity index (χ1n) is 5.33. The maximum absolute atomic E-state index is 11.0. The summed E-state index contributed by atoms with van der Waals surface area (Å²) in [5.41, 5.74) is 0.604. The molecule has 92 valence electrons. The summed E-state index contributed by atoms with van der Waals surface area (Å²) in [5, 5.41) is 0. The van der Waals surface area contributed by atoms with Crippen molar-refractivity contribution in [1.29, 1.82) is 0 Å². The number of rotatable bonds is 6. The van der Waals surface area contributed by atoms with Gasteiger partial charge < -0.3 is 9.47 Å². The molecule has 0 bridgehead atoms. The Morgan fingerprint density at radius 2 is 1.88 bits per heavy atom. The fourth-order valence-corrected chi connectivity index (χ4v) is 1.30. The average Bonchev–Trinajstić information content (AvgIpc) is 2.27. The number of ether oxygens (including phenoxy) is 2. The van der Waals surface area contributed by atoms with Gasteiger partial charge in [-0.1, -0.05) is 13.0 Å². The van der Waals surface area contributed by atoms with Crippen LogP contribution in [0.2, 0.25) is 0 Å². The normalized spacial score (nSPS) is 13.1. The molecule has 4 nitrogen and oxygen atoms in total. The largest absolute Gasteiger partial charge is 0.469 e. The lowest BCUT2D eigenvalue weighted by Gasteiger charge is -2.07. The van der Waals surface area contributed by atoms with Gasteiger partial charge in [-0.2, -0.15) is 0 Å². The third-order valence-electron chi connectivity index (χ3n) is 2.36. The summed E-state index contributed by atoms with van der Waals surface area (Å²) < 4.78 is 9.15. The Morgan fingerprint density at radius 1 is 1.25 bits per heavy atom. The van der Waals surface area contributed by atoms with E-state index in [-0.39, 0.29) is 17.9 Å². The van der Waals surface area contributed by atoms with E-state index in [1.807, 2.05) is 13.0 Å². The van der Waals surface area contributed by atoms with Crippen molar-refractivity contribution in [2.75, 3.05) is 14.2 Å². The van der Waals surface area contributed by atoms with E-state index < -0.39 is 0 Å². The van der Waals surface area contributed by atoms with Crippen molar-refractivity contribution < 1.29 is 19.1 Å². The quantitative estimate of drug-likeness (QED) is 0.516. The second kappa shape index (κ2) is 7.91. The maximum Gasteiger partial charge on any atom is 0.333 e. The zero-order chi connectivity index (χ0) is 12.6. The Bertz CT molecular complexity index is 268. The Hall–Kier alpha value is -1.32. The molecule has 0 rings (SSSR count). The molecular weight excluding hydrogens is 208 g/mol. The highest BCUT2D eigenvalue weighted by Crippen LogP contribution is 2.12. The van der Waals surface area contributed by atoms with Gasteiger partial charge >= 0.3 is 11.9 Å². The highest BCUT2D eigenvalue weighted by Gasteiger charge is 2.08. The summed E-state index contributed by atoms with van der Waals surface area (Å²) in [7, 11) is 2.75. The van der Waals surface area contributed by atoms with Crippen LogP contribution in [0.3, 0.4) is 0 Å². The molecule has 16 heavy (non-hydrogen) atoms. The molecule has 0 N–H and O–H groups in total. The molecule has 1 atom stereocenters. The maximum atomic E-state index is 11.0. The van der Waals surface area contributed by atoms with Crippen LogP contribution in [-0.4, -0.2) is 26.2 Å². The van der Waals surface area contributed by atoms with Crippen molar-refractivity contribution in [1.82, 2.24) is 0 Å². The van der Waals surface area contributed by atoms with Gasteiger partial charge in [-0.3, -0.25) is 4.79 Å². The van der Waals surface area contributed by atoms with E-state index in [4.69, 9.17) is 0 Å². The molecule has 0 aromatic rings. The molecule has 0 aliphatic carbocycles. The molecule has 0 aliphatic rings. The Kier molecular flexibility index (Phi) is 7.25. The zero-order valence-corrected chi connectivity index (χ0v) is 10.4. The predicted octanol–water partition coefficient (Wildman–Crippen LogP) is 2.09. The van der Waals surface area contributed by atoms with E-state index in [1.165, 1.54) is 14.2 Å². The van der Waals surface area contributed by atoms with Gasteiger partial charge in [0.1, 0.15) is 0 Å². The van der Waals surface area contributed by atoms with E-state index in [2.05, 4.69) is 9.47 Å². The summed E-state index contributed by atoms with van der Waals surface area (Å²) in [5.74, 6) is -0.240. The topological polar surface area (TPSA) is 52.6 Å². The van der Waals surface area contributed by atoms with Crippen LogP contribution in [0.5, 0.6) is 0 Å². The number of carbonyl (C=O) groups is 2. The minimum Gasteiger partial charge on any atom is -0.469 e. The lowest BCUT2D eigenvalue weighted by Crippen LogP contribution is -2.07. The fourth-order valence-electron chi connectivity index (χ4n) is 1.30. The number of carbonyl (C=O) groups excluding carboxylic acids is 2.